The molecule has 4 nitrogen and oxygen atoms in total. The van der Waals surface area contributed by atoms with E-state index in [2.05, 4.69) is 21.2 Å². The molecule has 2 amide bonds. The van der Waals surface area contributed by atoms with Crippen LogP contribution >= 0.6 is 27.3 Å². The van der Waals surface area contributed by atoms with Gasteiger partial charge in [0.2, 0.25) is 11.8 Å². The van der Waals surface area contributed by atoms with Crippen molar-refractivity contribution in [1.29, 1.82) is 0 Å². The van der Waals surface area contributed by atoms with E-state index in [0.717, 1.165) is 9.35 Å². The van der Waals surface area contributed by atoms with E-state index >= 15 is 0 Å². The molecule has 1 aromatic heterocycles. The predicted octanol–water partition coefficient (Wildman–Crippen LogP) is 2.92. The lowest BCUT2D eigenvalue weighted by molar-refractivity contribution is -0.161. The van der Waals surface area contributed by atoms with Crippen molar-refractivity contribution in [3.63, 3.8) is 0 Å². The Hall–Kier alpha value is -0.880. The van der Waals surface area contributed by atoms with Gasteiger partial charge >= 0.3 is 0 Å². The van der Waals surface area contributed by atoms with Gasteiger partial charge in [-0.2, -0.15) is 0 Å². The largest absolute Gasteiger partial charge is 0.340 e. The Morgan fingerprint density at radius 2 is 2.00 bits per heavy atom. The predicted molar refractivity (Wildman–Crippen MR) is 83.5 cm³/mol. The van der Waals surface area contributed by atoms with Crippen molar-refractivity contribution in [2.24, 2.45) is 0 Å². The van der Waals surface area contributed by atoms with Gasteiger partial charge < -0.3 is 10.2 Å². The van der Waals surface area contributed by atoms with Gasteiger partial charge in [0.05, 0.1) is 6.54 Å². The fourth-order valence-electron chi connectivity index (χ4n) is 2.22. The second-order valence-corrected chi connectivity index (χ2v) is 7.64. The lowest BCUT2D eigenvalue weighted by Gasteiger charge is -2.48. The molecule has 1 aromatic rings. The topological polar surface area (TPSA) is 49.4 Å². The molecule has 0 spiro atoms. The number of amides is 2. The molecule has 1 fully saturated rings. The molecule has 1 aliphatic rings. The van der Waals surface area contributed by atoms with Gasteiger partial charge in [-0.15, -0.1) is 11.3 Å². The molecular weight excluding hydrogens is 340 g/mol. The van der Waals surface area contributed by atoms with Crippen molar-refractivity contribution in [1.82, 2.24) is 10.2 Å². The highest BCUT2D eigenvalue weighted by molar-refractivity contribution is 9.10. The number of nitrogens with zero attached hydrogens (tertiary/aromatic N) is 1. The van der Waals surface area contributed by atoms with Crippen molar-refractivity contribution < 1.29 is 9.59 Å². The van der Waals surface area contributed by atoms with E-state index in [4.69, 9.17) is 0 Å². The van der Waals surface area contributed by atoms with Crippen molar-refractivity contribution >= 4 is 39.1 Å². The van der Waals surface area contributed by atoms with Crippen molar-refractivity contribution in [3.8, 4) is 0 Å². The SMILES string of the molecule is CCC1(C)NC(=O)C(C)(C)N(Cc2sccc2Br)C1=O. The van der Waals surface area contributed by atoms with Gasteiger partial charge in [0.1, 0.15) is 11.1 Å². The van der Waals surface area contributed by atoms with Crippen molar-refractivity contribution in [2.45, 2.75) is 51.7 Å². The van der Waals surface area contributed by atoms with Gasteiger partial charge in [-0.25, -0.2) is 0 Å². The average Bonchev–Trinajstić information content (AvgIpc) is 2.78. The summed E-state index contributed by atoms with van der Waals surface area (Å²) in [5, 5.41) is 4.84. The summed E-state index contributed by atoms with van der Waals surface area (Å²) < 4.78 is 0.982. The van der Waals surface area contributed by atoms with Crippen LogP contribution in [-0.2, 0) is 16.1 Å². The fraction of sp³-hybridized carbons (Fsp3) is 0.571. The first-order valence-corrected chi connectivity index (χ1v) is 8.26. The zero-order valence-corrected chi connectivity index (χ0v) is 14.5. The number of thiophene rings is 1. The summed E-state index contributed by atoms with van der Waals surface area (Å²) in [4.78, 5) is 27.9. The summed E-state index contributed by atoms with van der Waals surface area (Å²) in [5.41, 5.74) is -1.65. The summed E-state index contributed by atoms with van der Waals surface area (Å²) in [6.45, 7) is 7.73. The van der Waals surface area contributed by atoms with E-state index in [1.54, 1.807) is 37.0 Å². The number of hydrogen-bond donors (Lipinski definition) is 1. The van der Waals surface area contributed by atoms with E-state index in [0.29, 0.717) is 13.0 Å². The minimum Gasteiger partial charge on any atom is -0.340 e. The Balaban J connectivity index is 2.38. The van der Waals surface area contributed by atoms with Gasteiger partial charge in [0.15, 0.2) is 0 Å². The molecule has 0 saturated carbocycles. The highest BCUT2D eigenvalue weighted by atomic mass is 79.9. The van der Waals surface area contributed by atoms with Crippen LogP contribution < -0.4 is 5.32 Å². The summed E-state index contributed by atoms with van der Waals surface area (Å²) in [7, 11) is 0. The van der Waals surface area contributed by atoms with E-state index < -0.39 is 11.1 Å². The first-order chi connectivity index (χ1) is 9.22. The van der Waals surface area contributed by atoms with E-state index in [1.165, 1.54) is 0 Å². The molecule has 0 aromatic carbocycles. The maximum Gasteiger partial charge on any atom is 0.249 e. The Bertz CT molecular complexity index is 555. The maximum absolute atomic E-state index is 12.8. The Morgan fingerprint density at radius 1 is 1.35 bits per heavy atom. The Kier molecular flexibility index (Phi) is 3.99. The molecule has 0 radical (unpaired) electrons. The van der Waals surface area contributed by atoms with Gasteiger partial charge in [-0.3, -0.25) is 9.59 Å². The standard InChI is InChI=1S/C14H19BrN2O2S/c1-5-14(4)12(19)17(13(2,3)11(18)16-14)8-10-9(15)6-7-20-10/h6-7H,5,8H2,1-4H3,(H,16,18). The summed E-state index contributed by atoms with van der Waals surface area (Å²) >= 11 is 5.07. The van der Waals surface area contributed by atoms with Crippen LogP contribution in [0, 0.1) is 0 Å². The zero-order valence-electron chi connectivity index (χ0n) is 12.1. The first-order valence-electron chi connectivity index (χ1n) is 6.59. The third kappa shape index (κ3) is 2.39. The molecule has 1 aliphatic heterocycles. The minimum atomic E-state index is -0.838. The van der Waals surface area contributed by atoms with E-state index in [9.17, 15) is 9.59 Å². The van der Waals surface area contributed by atoms with Crippen LogP contribution in [0.4, 0.5) is 0 Å². The van der Waals surface area contributed by atoms with Crippen LogP contribution in [0.5, 0.6) is 0 Å². The van der Waals surface area contributed by atoms with Gasteiger partial charge in [0, 0.05) is 9.35 Å². The molecule has 2 heterocycles. The molecule has 6 heteroatoms. The molecule has 110 valence electrons. The maximum atomic E-state index is 12.8. The summed E-state index contributed by atoms with van der Waals surface area (Å²) in [6.07, 6.45) is 0.579. The molecule has 1 unspecified atom stereocenters. The van der Waals surface area contributed by atoms with Gasteiger partial charge in [0.25, 0.3) is 0 Å². The first kappa shape index (κ1) is 15.5. The smallest absolute Gasteiger partial charge is 0.249 e. The minimum absolute atomic E-state index is 0.0232. The normalized spacial score (nSPS) is 25.8. The highest BCUT2D eigenvalue weighted by Gasteiger charge is 2.51. The number of piperazine rings is 1. The summed E-state index contributed by atoms with van der Waals surface area (Å²) in [5.74, 6) is -0.126. The van der Waals surface area contributed by atoms with Crippen molar-refractivity contribution in [2.75, 3.05) is 0 Å². The lowest BCUT2D eigenvalue weighted by atomic mass is 9.86. The molecule has 1 saturated heterocycles. The van der Waals surface area contributed by atoms with Crippen LogP contribution in [0.15, 0.2) is 15.9 Å². The van der Waals surface area contributed by atoms with E-state index in [-0.39, 0.29) is 11.8 Å². The van der Waals surface area contributed by atoms with Crippen LogP contribution in [0.2, 0.25) is 0 Å². The molecule has 0 bridgehead atoms. The van der Waals surface area contributed by atoms with Crippen LogP contribution in [0.3, 0.4) is 0 Å². The lowest BCUT2D eigenvalue weighted by Crippen LogP contribution is -2.72. The Labute approximate surface area is 131 Å². The van der Waals surface area contributed by atoms with Crippen LogP contribution in [-0.4, -0.2) is 27.8 Å². The fourth-order valence-corrected chi connectivity index (χ4v) is 3.69. The second-order valence-electron chi connectivity index (χ2n) is 5.78. The van der Waals surface area contributed by atoms with Crippen molar-refractivity contribution in [3.05, 3.63) is 20.8 Å². The molecular formula is C14H19BrN2O2S. The number of carbonyl (C=O) groups is 2. The Morgan fingerprint density at radius 3 is 2.50 bits per heavy atom. The number of rotatable bonds is 3. The second kappa shape index (κ2) is 5.15. The van der Waals surface area contributed by atoms with E-state index in [1.807, 2.05) is 18.4 Å². The average molecular weight is 359 g/mol. The number of carbonyl (C=O) groups excluding carboxylic acids is 2. The van der Waals surface area contributed by atoms with Gasteiger partial charge in [-0.05, 0) is 54.6 Å². The third-order valence-electron chi connectivity index (χ3n) is 4.04. The molecule has 1 atom stereocenters. The monoisotopic (exact) mass is 358 g/mol. The molecule has 20 heavy (non-hydrogen) atoms. The molecule has 1 N–H and O–H groups in total. The quantitative estimate of drug-likeness (QED) is 0.902. The van der Waals surface area contributed by atoms with Crippen LogP contribution in [0.1, 0.15) is 39.0 Å². The number of nitrogens with one attached hydrogen (secondary N) is 1. The third-order valence-corrected chi connectivity index (χ3v) is 5.95. The highest BCUT2D eigenvalue weighted by Crippen LogP contribution is 2.32. The number of halogens is 1. The molecule has 2 rings (SSSR count). The zero-order chi connectivity index (χ0) is 15.1. The van der Waals surface area contributed by atoms with Gasteiger partial charge in [-0.1, -0.05) is 6.92 Å². The summed E-state index contributed by atoms with van der Waals surface area (Å²) in [6, 6.07) is 1.96. The van der Waals surface area contributed by atoms with Crippen LogP contribution in [0.25, 0.3) is 0 Å². The number of hydrogen-bond acceptors (Lipinski definition) is 3. The molecule has 0 aliphatic carbocycles.